The molecule has 1 aromatic carbocycles. The highest BCUT2D eigenvalue weighted by Crippen LogP contribution is 2.37. The maximum Gasteiger partial charge on any atom is 0.147 e. The monoisotopic (exact) mass is 388 g/mol. The van der Waals surface area contributed by atoms with Gasteiger partial charge in [0.15, 0.2) is 0 Å². The molecule has 0 saturated heterocycles. The lowest BCUT2D eigenvalue weighted by Crippen LogP contribution is -2.14. The van der Waals surface area contributed by atoms with Gasteiger partial charge in [-0.05, 0) is 41.0 Å². The van der Waals surface area contributed by atoms with E-state index < -0.39 is 0 Å². The van der Waals surface area contributed by atoms with Crippen molar-refractivity contribution in [3.8, 4) is 11.5 Å². The van der Waals surface area contributed by atoms with E-state index in [2.05, 4.69) is 33.2 Å². The van der Waals surface area contributed by atoms with Gasteiger partial charge in [0, 0.05) is 35.0 Å². The summed E-state index contributed by atoms with van der Waals surface area (Å²) >= 11 is 15.6. The van der Waals surface area contributed by atoms with Crippen LogP contribution in [-0.2, 0) is 6.54 Å². The zero-order valence-corrected chi connectivity index (χ0v) is 14.6. The number of halogens is 3. The van der Waals surface area contributed by atoms with Gasteiger partial charge in [0.25, 0.3) is 0 Å². The Labute approximate surface area is 142 Å². The second-order valence-electron chi connectivity index (χ2n) is 4.46. The van der Waals surface area contributed by atoms with Crippen LogP contribution in [0.5, 0.6) is 11.5 Å². The van der Waals surface area contributed by atoms with Gasteiger partial charge >= 0.3 is 0 Å². The molecule has 0 aliphatic rings. The Morgan fingerprint density at radius 3 is 2.81 bits per heavy atom. The van der Waals surface area contributed by atoms with Crippen LogP contribution in [0, 0.1) is 0 Å². The molecule has 0 spiro atoms. The molecule has 112 valence electrons. The number of hydrogen-bond donors (Lipinski definition) is 1. The van der Waals surface area contributed by atoms with E-state index in [1.807, 2.05) is 6.07 Å². The first-order valence-corrected chi connectivity index (χ1v) is 8.12. The number of pyridine rings is 1. The first-order chi connectivity index (χ1) is 10.1. The molecule has 0 unspecified atom stereocenters. The number of benzene rings is 1. The highest BCUT2D eigenvalue weighted by Gasteiger charge is 2.10. The van der Waals surface area contributed by atoms with Crippen LogP contribution in [0.25, 0.3) is 0 Å². The molecule has 6 heteroatoms. The van der Waals surface area contributed by atoms with Gasteiger partial charge in [0.1, 0.15) is 11.5 Å². The summed E-state index contributed by atoms with van der Waals surface area (Å²) in [5.41, 5.74) is 0.973. The molecule has 0 fully saturated rings. The van der Waals surface area contributed by atoms with Crippen LogP contribution in [0.3, 0.4) is 0 Å². The minimum Gasteiger partial charge on any atom is -0.455 e. The van der Waals surface area contributed by atoms with Crippen molar-refractivity contribution < 1.29 is 4.74 Å². The zero-order valence-electron chi connectivity index (χ0n) is 11.5. The largest absolute Gasteiger partial charge is 0.455 e. The SMILES string of the molecule is CCCNCc1cnccc1Oc1cc(Cl)c(Br)cc1Cl. The van der Waals surface area contributed by atoms with Gasteiger partial charge in [0.2, 0.25) is 0 Å². The molecule has 1 aromatic heterocycles. The number of rotatable bonds is 6. The minimum absolute atomic E-state index is 0.496. The fourth-order valence-electron chi connectivity index (χ4n) is 1.75. The molecule has 0 amide bonds. The van der Waals surface area contributed by atoms with Crippen LogP contribution in [0.1, 0.15) is 18.9 Å². The number of ether oxygens (including phenoxy) is 1. The third kappa shape index (κ3) is 4.58. The summed E-state index contributed by atoms with van der Waals surface area (Å²) in [7, 11) is 0. The molecule has 0 bridgehead atoms. The maximum absolute atomic E-state index is 6.19. The summed E-state index contributed by atoms with van der Waals surface area (Å²) in [6.45, 7) is 3.76. The van der Waals surface area contributed by atoms with E-state index in [1.165, 1.54) is 0 Å². The van der Waals surface area contributed by atoms with E-state index in [9.17, 15) is 0 Å². The molecule has 1 heterocycles. The standard InChI is InChI=1S/C15H15BrCl2N2O/c1-2-4-19-8-10-9-20-5-3-14(10)21-15-7-12(17)11(16)6-13(15)18/h3,5-7,9,19H,2,4,8H2,1H3. The van der Waals surface area contributed by atoms with Crippen molar-refractivity contribution in [2.24, 2.45) is 0 Å². The van der Waals surface area contributed by atoms with Crippen molar-refractivity contribution in [3.63, 3.8) is 0 Å². The van der Waals surface area contributed by atoms with Crippen LogP contribution in [0.4, 0.5) is 0 Å². The highest BCUT2D eigenvalue weighted by molar-refractivity contribution is 9.10. The molecular formula is C15H15BrCl2N2O. The van der Waals surface area contributed by atoms with Crippen molar-refractivity contribution in [1.82, 2.24) is 10.3 Å². The third-order valence-corrected chi connectivity index (χ3v) is 4.29. The molecule has 2 rings (SSSR count). The highest BCUT2D eigenvalue weighted by atomic mass is 79.9. The summed E-state index contributed by atoms with van der Waals surface area (Å²) < 4.78 is 6.63. The molecule has 0 aliphatic heterocycles. The zero-order chi connectivity index (χ0) is 15.2. The summed E-state index contributed by atoms with van der Waals surface area (Å²) in [5, 5.41) is 4.37. The minimum atomic E-state index is 0.496. The Kier molecular flexibility index (Phi) is 6.30. The summed E-state index contributed by atoms with van der Waals surface area (Å²) in [5.74, 6) is 1.24. The van der Waals surface area contributed by atoms with E-state index in [0.717, 1.165) is 23.0 Å². The van der Waals surface area contributed by atoms with Gasteiger partial charge in [-0.1, -0.05) is 30.1 Å². The van der Waals surface area contributed by atoms with Gasteiger partial charge in [-0.3, -0.25) is 4.98 Å². The average Bonchev–Trinajstić information content (AvgIpc) is 2.47. The van der Waals surface area contributed by atoms with Crippen LogP contribution in [0.2, 0.25) is 10.0 Å². The number of aromatic nitrogens is 1. The first-order valence-electron chi connectivity index (χ1n) is 6.57. The van der Waals surface area contributed by atoms with Crippen molar-refractivity contribution in [2.75, 3.05) is 6.54 Å². The van der Waals surface area contributed by atoms with E-state index in [-0.39, 0.29) is 0 Å². The van der Waals surface area contributed by atoms with E-state index in [1.54, 1.807) is 24.5 Å². The van der Waals surface area contributed by atoms with Crippen LogP contribution >= 0.6 is 39.1 Å². The van der Waals surface area contributed by atoms with Crippen LogP contribution in [-0.4, -0.2) is 11.5 Å². The van der Waals surface area contributed by atoms with E-state index in [4.69, 9.17) is 27.9 Å². The van der Waals surface area contributed by atoms with Crippen LogP contribution < -0.4 is 10.1 Å². The average molecular weight is 390 g/mol. The Balaban J connectivity index is 2.21. The van der Waals surface area contributed by atoms with Crippen molar-refractivity contribution >= 4 is 39.1 Å². The molecule has 1 N–H and O–H groups in total. The first kappa shape index (κ1) is 16.6. The predicted molar refractivity (Wildman–Crippen MR) is 90.5 cm³/mol. The smallest absolute Gasteiger partial charge is 0.147 e. The summed E-state index contributed by atoms with van der Waals surface area (Å²) in [4.78, 5) is 4.13. The van der Waals surface area contributed by atoms with Gasteiger partial charge in [-0.25, -0.2) is 0 Å². The number of hydrogen-bond acceptors (Lipinski definition) is 3. The van der Waals surface area contributed by atoms with Crippen molar-refractivity contribution in [2.45, 2.75) is 19.9 Å². The van der Waals surface area contributed by atoms with Gasteiger partial charge in [-0.2, -0.15) is 0 Å². The third-order valence-electron chi connectivity index (χ3n) is 2.80. The molecule has 0 atom stereocenters. The topological polar surface area (TPSA) is 34.2 Å². The molecule has 2 aromatic rings. The summed E-state index contributed by atoms with van der Waals surface area (Å²) in [6.07, 6.45) is 4.55. The second kappa shape index (κ2) is 7.99. The predicted octanol–water partition coefficient (Wildman–Crippen LogP) is 5.44. The lowest BCUT2D eigenvalue weighted by molar-refractivity contribution is 0.471. The maximum atomic E-state index is 6.19. The Morgan fingerprint density at radius 1 is 1.24 bits per heavy atom. The van der Waals surface area contributed by atoms with E-state index >= 15 is 0 Å². The van der Waals surface area contributed by atoms with Crippen LogP contribution in [0.15, 0.2) is 35.1 Å². The van der Waals surface area contributed by atoms with Gasteiger partial charge in [-0.15, -0.1) is 0 Å². The van der Waals surface area contributed by atoms with Gasteiger partial charge in [0.05, 0.1) is 10.0 Å². The molecule has 3 nitrogen and oxygen atoms in total. The molecule has 21 heavy (non-hydrogen) atoms. The number of nitrogens with one attached hydrogen (secondary N) is 1. The quantitative estimate of drug-likeness (QED) is 0.527. The normalized spacial score (nSPS) is 10.7. The Hall–Kier alpha value is -0.810. The Bertz CT molecular complexity index is 623. The van der Waals surface area contributed by atoms with Crippen molar-refractivity contribution in [3.05, 3.63) is 50.7 Å². The van der Waals surface area contributed by atoms with Gasteiger partial charge < -0.3 is 10.1 Å². The van der Waals surface area contributed by atoms with E-state index in [0.29, 0.717) is 28.1 Å². The lowest BCUT2D eigenvalue weighted by Gasteiger charge is -2.13. The lowest BCUT2D eigenvalue weighted by atomic mass is 10.2. The fraction of sp³-hybridized carbons (Fsp3) is 0.267. The molecular weight excluding hydrogens is 375 g/mol. The molecule has 0 aliphatic carbocycles. The molecule has 0 saturated carbocycles. The van der Waals surface area contributed by atoms with Crippen molar-refractivity contribution in [1.29, 1.82) is 0 Å². The fourth-order valence-corrected chi connectivity index (χ4v) is 2.58. The Morgan fingerprint density at radius 2 is 2.05 bits per heavy atom. The summed E-state index contributed by atoms with van der Waals surface area (Å²) in [6, 6.07) is 5.22. The number of nitrogens with zero attached hydrogens (tertiary/aromatic N) is 1. The second-order valence-corrected chi connectivity index (χ2v) is 6.13. The molecule has 0 radical (unpaired) electrons.